The minimum absolute atomic E-state index is 0.0199. The number of halogens is 2. The van der Waals surface area contributed by atoms with Gasteiger partial charge in [-0.3, -0.25) is 14.9 Å². The first-order chi connectivity index (χ1) is 16.0. The van der Waals surface area contributed by atoms with Gasteiger partial charge in [-0.25, -0.2) is 9.97 Å². The predicted molar refractivity (Wildman–Crippen MR) is 120 cm³/mol. The number of anilines is 1. The highest BCUT2D eigenvalue weighted by Crippen LogP contribution is 2.28. The first-order valence-corrected chi connectivity index (χ1v) is 10.4. The van der Waals surface area contributed by atoms with E-state index in [2.05, 4.69) is 35.5 Å². The van der Waals surface area contributed by atoms with Crippen LogP contribution in [0, 0.1) is 0 Å². The standard InChI is InChI=1S/C20H17Cl2N7O4/c21-11-3-4-15(24-8-11)26-19(31)14(10-32-7-6-30)33-20-12-9-25-29-17(12)27-18(28-20)16-13(22)2-1-5-23-16/h1-5,8-9,14,30H,6-7,10H2,(H,24,26,31)(H,25,27,28,29)/t14-/m0/s1. The maximum Gasteiger partial charge on any atom is 0.269 e. The van der Waals surface area contributed by atoms with Gasteiger partial charge in [0, 0.05) is 12.4 Å². The van der Waals surface area contributed by atoms with Gasteiger partial charge in [0.05, 0.1) is 36.1 Å². The predicted octanol–water partition coefficient (Wildman–Crippen LogP) is 2.51. The number of nitrogens with one attached hydrogen (secondary N) is 2. The Kier molecular flexibility index (Phi) is 7.25. The summed E-state index contributed by atoms with van der Waals surface area (Å²) in [6.45, 7) is -0.357. The van der Waals surface area contributed by atoms with E-state index in [-0.39, 0.29) is 37.3 Å². The molecule has 4 heterocycles. The van der Waals surface area contributed by atoms with Gasteiger partial charge in [0.2, 0.25) is 12.0 Å². The Morgan fingerprint density at radius 3 is 2.82 bits per heavy atom. The van der Waals surface area contributed by atoms with Crippen LogP contribution < -0.4 is 10.1 Å². The highest BCUT2D eigenvalue weighted by Gasteiger charge is 2.25. The molecular weight excluding hydrogens is 473 g/mol. The monoisotopic (exact) mass is 489 g/mol. The lowest BCUT2D eigenvalue weighted by atomic mass is 10.3. The molecule has 0 saturated heterocycles. The number of nitrogens with zero attached hydrogens (tertiary/aromatic N) is 5. The number of aliphatic hydroxyl groups is 1. The molecule has 0 fully saturated rings. The van der Waals surface area contributed by atoms with Crippen molar-refractivity contribution in [3.05, 3.63) is 52.9 Å². The van der Waals surface area contributed by atoms with Crippen molar-refractivity contribution in [3.8, 4) is 17.4 Å². The summed E-state index contributed by atoms with van der Waals surface area (Å²) >= 11 is 12.1. The smallest absolute Gasteiger partial charge is 0.269 e. The second-order valence-electron chi connectivity index (χ2n) is 6.57. The number of carbonyl (C=O) groups excluding carboxylic acids is 1. The number of carbonyl (C=O) groups is 1. The summed E-state index contributed by atoms with van der Waals surface area (Å²) in [6.07, 6.45) is 3.28. The summed E-state index contributed by atoms with van der Waals surface area (Å²) in [7, 11) is 0. The molecule has 3 N–H and O–H groups in total. The zero-order valence-electron chi connectivity index (χ0n) is 16.9. The van der Waals surface area contributed by atoms with Crippen molar-refractivity contribution in [2.45, 2.75) is 6.10 Å². The zero-order valence-corrected chi connectivity index (χ0v) is 18.4. The molecule has 0 saturated carbocycles. The average Bonchev–Trinajstić information content (AvgIpc) is 3.29. The fourth-order valence-corrected chi connectivity index (χ4v) is 3.08. The number of aromatic nitrogens is 6. The number of ether oxygens (including phenoxy) is 2. The van der Waals surface area contributed by atoms with Crippen LogP contribution in [-0.4, -0.2) is 67.1 Å². The van der Waals surface area contributed by atoms with Crippen LogP contribution in [0.15, 0.2) is 42.9 Å². The van der Waals surface area contributed by atoms with E-state index in [0.717, 1.165) is 0 Å². The summed E-state index contributed by atoms with van der Waals surface area (Å²) < 4.78 is 11.3. The number of hydrogen-bond acceptors (Lipinski definition) is 9. The number of aromatic amines is 1. The van der Waals surface area contributed by atoms with E-state index in [1.165, 1.54) is 12.4 Å². The molecule has 33 heavy (non-hydrogen) atoms. The van der Waals surface area contributed by atoms with Crippen molar-refractivity contribution in [1.82, 2.24) is 30.1 Å². The van der Waals surface area contributed by atoms with E-state index >= 15 is 0 Å². The Morgan fingerprint density at radius 2 is 2.06 bits per heavy atom. The molecule has 1 amide bonds. The lowest BCUT2D eigenvalue weighted by Crippen LogP contribution is -2.37. The maximum atomic E-state index is 12.9. The third-order valence-electron chi connectivity index (χ3n) is 4.27. The van der Waals surface area contributed by atoms with Gasteiger partial charge in [-0.1, -0.05) is 23.2 Å². The Morgan fingerprint density at radius 1 is 1.18 bits per heavy atom. The van der Waals surface area contributed by atoms with Crippen LogP contribution in [0.2, 0.25) is 10.0 Å². The number of fused-ring (bicyclic) bond motifs is 1. The minimum Gasteiger partial charge on any atom is -0.461 e. The second-order valence-corrected chi connectivity index (χ2v) is 7.42. The van der Waals surface area contributed by atoms with Gasteiger partial charge < -0.3 is 19.9 Å². The largest absolute Gasteiger partial charge is 0.461 e. The molecule has 4 aromatic heterocycles. The number of aliphatic hydroxyl groups excluding tert-OH is 1. The number of amides is 1. The topological polar surface area (TPSA) is 148 Å². The molecule has 0 radical (unpaired) electrons. The SMILES string of the molecule is O=C(Nc1ccc(Cl)cn1)[C@H](COCCO)Oc1nc(-c2ncccc2Cl)nc2[nH]ncc12. The lowest BCUT2D eigenvalue weighted by Gasteiger charge is -2.18. The average molecular weight is 490 g/mol. The molecule has 0 bridgehead atoms. The van der Waals surface area contributed by atoms with E-state index in [0.29, 0.717) is 26.8 Å². The van der Waals surface area contributed by atoms with E-state index in [9.17, 15) is 4.79 Å². The van der Waals surface area contributed by atoms with Crippen molar-refractivity contribution >= 4 is 46.0 Å². The molecule has 11 nitrogen and oxygen atoms in total. The van der Waals surface area contributed by atoms with Crippen LogP contribution in [0.5, 0.6) is 5.88 Å². The number of rotatable bonds is 9. The molecule has 13 heteroatoms. The fourth-order valence-electron chi connectivity index (χ4n) is 2.76. The normalized spacial score (nSPS) is 12.0. The molecule has 0 aliphatic rings. The van der Waals surface area contributed by atoms with E-state index in [4.69, 9.17) is 37.8 Å². The van der Waals surface area contributed by atoms with Gasteiger partial charge >= 0.3 is 0 Å². The van der Waals surface area contributed by atoms with Crippen molar-refractivity contribution in [2.24, 2.45) is 0 Å². The maximum absolute atomic E-state index is 12.9. The van der Waals surface area contributed by atoms with Gasteiger partial charge in [0.1, 0.15) is 16.9 Å². The zero-order chi connectivity index (χ0) is 23.2. The Bertz CT molecular complexity index is 1250. The van der Waals surface area contributed by atoms with Crippen molar-refractivity contribution < 1.29 is 19.4 Å². The number of hydrogen-bond donors (Lipinski definition) is 3. The van der Waals surface area contributed by atoms with Crippen LogP contribution in [0.4, 0.5) is 5.82 Å². The molecule has 4 rings (SSSR count). The molecular formula is C20H17Cl2N7O4. The highest BCUT2D eigenvalue weighted by molar-refractivity contribution is 6.32. The quantitative estimate of drug-likeness (QED) is 0.301. The van der Waals surface area contributed by atoms with Crippen LogP contribution in [0.1, 0.15) is 0 Å². The van der Waals surface area contributed by atoms with Crippen molar-refractivity contribution in [3.63, 3.8) is 0 Å². The van der Waals surface area contributed by atoms with Gasteiger partial charge in [-0.05, 0) is 24.3 Å². The van der Waals surface area contributed by atoms with Gasteiger partial charge in [-0.2, -0.15) is 10.1 Å². The third-order valence-corrected chi connectivity index (χ3v) is 4.80. The van der Waals surface area contributed by atoms with Crippen LogP contribution in [-0.2, 0) is 9.53 Å². The molecule has 0 spiro atoms. The minimum atomic E-state index is -1.14. The van der Waals surface area contributed by atoms with Crippen LogP contribution >= 0.6 is 23.2 Å². The number of H-pyrrole nitrogens is 1. The van der Waals surface area contributed by atoms with Crippen molar-refractivity contribution in [1.29, 1.82) is 0 Å². The van der Waals surface area contributed by atoms with Crippen LogP contribution in [0.25, 0.3) is 22.6 Å². The Balaban J connectivity index is 1.65. The summed E-state index contributed by atoms with van der Waals surface area (Å²) in [5, 5.41) is 19.6. The molecule has 4 aromatic rings. The molecule has 0 aromatic carbocycles. The summed E-state index contributed by atoms with van der Waals surface area (Å²) in [4.78, 5) is 30.0. The summed E-state index contributed by atoms with van der Waals surface area (Å²) in [5.41, 5.74) is 0.704. The fraction of sp³-hybridized carbons (Fsp3) is 0.200. The van der Waals surface area contributed by atoms with Gasteiger partial charge in [0.25, 0.3) is 5.91 Å². The van der Waals surface area contributed by atoms with Crippen molar-refractivity contribution in [2.75, 3.05) is 25.1 Å². The molecule has 0 unspecified atom stereocenters. The molecule has 1 atom stereocenters. The Hall–Kier alpha value is -3.38. The third kappa shape index (κ3) is 5.52. The molecule has 0 aliphatic carbocycles. The van der Waals surface area contributed by atoms with E-state index in [1.807, 2.05) is 0 Å². The first-order valence-electron chi connectivity index (χ1n) is 9.65. The Labute approximate surface area is 197 Å². The van der Waals surface area contributed by atoms with Crippen LogP contribution in [0.3, 0.4) is 0 Å². The lowest BCUT2D eigenvalue weighted by molar-refractivity contribution is -0.125. The molecule has 0 aliphatic heterocycles. The second kappa shape index (κ2) is 10.5. The van der Waals surface area contributed by atoms with E-state index in [1.54, 1.807) is 30.5 Å². The van der Waals surface area contributed by atoms with Gasteiger partial charge in [-0.15, -0.1) is 0 Å². The summed E-state index contributed by atoms with van der Waals surface area (Å²) in [5.74, 6) is -0.0165. The highest BCUT2D eigenvalue weighted by atomic mass is 35.5. The first kappa shape index (κ1) is 22.8. The molecule has 170 valence electrons. The van der Waals surface area contributed by atoms with E-state index < -0.39 is 12.0 Å². The van der Waals surface area contributed by atoms with Gasteiger partial charge in [0.15, 0.2) is 11.5 Å². The number of pyridine rings is 2. The summed E-state index contributed by atoms with van der Waals surface area (Å²) in [6, 6.07) is 6.47.